The summed E-state index contributed by atoms with van der Waals surface area (Å²) in [7, 11) is 2.19. The van der Waals surface area contributed by atoms with E-state index in [-0.39, 0.29) is 0 Å². The largest absolute Gasteiger partial charge is 0.374 e. The highest BCUT2D eigenvalue weighted by molar-refractivity contribution is 7.22. The van der Waals surface area contributed by atoms with Gasteiger partial charge in [-0.2, -0.15) is 0 Å². The summed E-state index contributed by atoms with van der Waals surface area (Å²) in [6, 6.07) is 5.28. The molecule has 4 rings (SSSR count). The van der Waals surface area contributed by atoms with E-state index in [1.807, 2.05) is 11.3 Å². The molecule has 1 aliphatic heterocycles. The Labute approximate surface area is 130 Å². The van der Waals surface area contributed by atoms with Crippen molar-refractivity contribution in [3.05, 3.63) is 17.7 Å². The molecule has 0 saturated heterocycles. The molecule has 2 aromatic rings. The van der Waals surface area contributed by atoms with Crippen LogP contribution in [0.5, 0.6) is 0 Å². The average Bonchev–Trinajstić information content (AvgIpc) is 2.88. The second-order valence-corrected chi connectivity index (χ2v) is 7.50. The van der Waals surface area contributed by atoms with E-state index >= 15 is 0 Å². The van der Waals surface area contributed by atoms with E-state index in [0.717, 1.165) is 17.2 Å². The van der Waals surface area contributed by atoms with Crippen LogP contribution in [-0.4, -0.2) is 24.6 Å². The topological polar surface area (TPSA) is 28.2 Å². The van der Waals surface area contributed by atoms with Crippen LogP contribution < -0.4 is 10.2 Å². The molecule has 0 bridgehead atoms. The Bertz CT molecular complexity index is 643. The predicted octanol–water partition coefficient (Wildman–Crippen LogP) is 4.42. The summed E-state index contributed by atoms with van der Waals surface area (Å²) < 4.78 is 1.34. The van der Waals surface area contributed by atoms with Crippen molar-refractivity contribution < 1.29 is 0 Å². The van der Waals surface area contributed by atoms with Gasteiger partial charge < -0.3 is 10.2 Å². The number of aromatic nitrogens is 1. The van der Waals surface area contributed by atoms with Gasteiger partial charge in [0.15, 0.2) is 5.13 Å². The summed E-state index contributed by atoms with van der Waals surface area (Å²) in [6.45, 7) is 1.16. The third-order valence-corrected chi connectivity index (χ3v) is 5.82. The van der Waals surface area contributed by atoms with Gasteiger partial charge in [-0.3, -0.25) is 0 Å². The normalized spacial score (nSPS) is 19.8. The lowest BCUT2D eigenvalue weighted by Crippen LogP contribution is -2.24. The number of benzene rings is 1. The van der Waals surface area contributed by atoms with E-state index in [0.29, 0.717) is 6.04 Å². The molecule has 1 N–H and O–H groups in total. The van der Waals surface area contributed by atoms with Crippen molar-refractivity contribution in [3.63, 3.8) is 0 Å². The first-order chi connectivity index (χ1) is 10.3. The first kappa shape index (κ1) is 13.4. The minimum Gasteiger partial charge on any atom is -0.374 e. The van der Waals surface area contributed by atoms with Crippen molar-refractivity contribution in [2.75, 3.05) is 23.8 Å². The fourth-order valence-electron chi connectivity index (χ4n) is 3.67. The summed E-state index contributed by atoms with van der Waals surface area (Å²) in [5.74, 6) is 0. The minimum absolute atomic E-state index is 0.636. The molecule has 21 heavy (non-hydrogen) atoms. The molecule has 0 atom stereocenters. The second-order valence-electron chi connectivity index (χ2n) is 6.47. The van der Waals surface area contributed by atoms with Crippen molar-refractivity contribution in [3.8, 4) is 0 Å². The first-order valence-electron chi connectivity index (χ1n) is 8.21. The van der Waals surface area contributed by atoms with Crippen molar-refractivity contribution in [1.82, 2.24) is 4.98 Å². The predicted molar refractivity (Wildman–Crippen MR) is 91.7 cm³/mol. The fraction of sp³-hybridized carbons (Fsp3) is 0.588. The minimum atomic E-state index is 0.636. The third-order valence-electron chi connectivity index (χ3n) is 4.87. The van der Waals surface area contributed by atoms with E-state index in [2.05, 4.69) is 29.4 Å². The number of nitrogens with zero attached hydrogens (tertiary/aromatic N) is 2. The number of anilines is 2. The molecule has 0 amide bonds. The number of hydrogen-bond donors (Lipinski definition) is 1. The van der Waals surface area contributed by atoms with Crippen LogP contribution in [0.2, 0.25) is 0 Å². The van der Waals surface area contributed by atoms with Crippen molar-refractivity contribution in [2.45, 2.75) is 51.0 Å². The van der Waals surface area contributed by atoms with Crippen LogP contribution in [0.3, 0.4) is 0 Å². The molecular weight excluding hydrogens is 278 g/mol. The number of thiazole rings is 1. The highest BCUT2D eigenvalue weighted by Gasteiger charge is 2.18. The van der Waals surface area contributed by atoms with Gasteiger partial charge in [0.2, 0.25) is 0 Å². The van der Waals surface area contributed by atoms with Gasteiger partial charge in [-0.05, 0) is 43.4 Å². The molecule has 4 heteroatoms. The number of aryl methyl sites for hydroxylation is 1. The van der Waals surface area contributed by atoms with Gasteiger partial charge in [-0.15, -0.1) is 0 Å². The van der Waals surface area contributed by atoms with Crippen LogP contribution in [-0.2, 0) is 6.42 Å². The fourth-order valence-corrected chi connectivity index (χ4v) is 4.66. The lowest BCUT2D eigenvalue weighted by Gasteiger charge is -2.27. The zero-order valence-electron chi connectivity index (χ0n) is 12.7. The van der Waals surface area contributed by atoms with Gasteiger partial charge in [-0.25, -0.2) is 4.98 Å². The SMILES string of the molecule is CN1CCCc2cc3sc(NC4CCCCC4)nc3cc21. The number of hydrogen-bond acceptors (Lipinski definition) is 4. The van der Waals surface area contributed by atoms with Crippen LogP contribution in [0.15, 0.2) is 12.1 Å². The molecule has 1 fully saturated rings. The van der Waals surface area contributed by atoms with Crippen LogP contribution >= 0.6 is 11.3 Å². The third kappa shape index (κ3) is 2.61. The monoisotopic (exact) mass is 301 g/mol. The summed E-state index contributed by atoms with van der Waals surface area (Å²) in [4.78, 5) is 7.20. The van der Waals surface area contributed by atoms with Crippen molar-refractivity contribution in [2.24, 2.45) is 0 Å². The molecule has 0 radical (unpaired) electrons. The van der Waals surface area contributed by atoms with Crippen LogP contribution in [0.4, 0.5) is 10.8 Å². The summed E-state index contributed by atoms with van der Waals surface area (Å²) in [6.07, 6.45) is 9.20. The van der Waals surface area contributed by atoms with Crippen molar-refractivity contribution in [1.29, 1.82) is 0 Å². The summed E-state index contributed by atoms with van der Waals surface area (Å²) in [5, 5.41) is 4.78. The molecule has 1 aliphatic carbocycles. The average molecular weight is 301 g/mol. The van der Waals surface area contributed by atoms with Gasteiger partial charge in [0, 0.05) is 25.3 Å². The van der Waals surface area contributed by atoms with E-state index < -0.39 is 0 Å². The maximum atomic E-state index is 4.83. The molecular formula is C17H23N3S. The Morgan fingerprint density at radius 3 is 2.90 bits per heavy atom. The van der Waals surface area contributed by atoms with E-state index in [9.17, 15) is 0 Å². The molecule has 2 aliphatic rings. The van der Waals surface area contributed by atoms with Crippen LogP contribution in [0.25, 0.3) is 10.2 Å². The van der Waals surface area contributed by atoms with Crippen LogP contribution in [0.1, 0.15) is 44.1 Å². The summed E-state index contributed by atoms with van der Waals surface area (Å²) in [5.41, 5.74) is 4.03. The van der Waals surface area contributed by atoms with Crippen molar-refractivity contribution >= 4 is 32.4 Å². The van der Waals surface area contributed by atoms with E-state index in [1.54, 1.807) is 0 Å². The second kappa shape index (κ2) is 5.48. The Balaban J connectivity index is 1.63. The standard InChI is InChI=1S/C17H23N3S/c1-20-9-5-6-12-10-16-14(11-15(12)20)19-17(21-16)18-13-7-3-2-4-8-13/h10-11,13H,2-9H2,1H3,(H,18,19). The van der Waals surface area contributed by atoms with Gasteiger partial charge >= 0.3 is 0 Å². The Hall–Kier alpha value is -1.29. The molecule has 112 valence electrons. The van der Waals surface area contributed by atoms with E-state index in [1.165, 1.54) is 60.9 Å². The highest BCUT2D eigenvalue weighted by Crippen LogP contribution is 2.35. The lowest BCUT2D eigenvalue weighted by atomic mass is 9.96. The number of nitrogens with one attached hydrogen (secondary N) is 1. The van der Waals surface area contributed by atoms with Gasteiger partial charge in [-0.1, -0.05) is 30.6 Å². The molecule has 1 aromatic heterocycles. The Kier molecular flexibility index (Phi) is 3.49. The first-order valence-corrected chi connectivity index (χ1v) is 9.02. The van der Waals surface area contributed by atoms with Gasteiger partial charge in [0.1, 0.15) is 0 Å². The zero-order chi connectivity index (χ0) is 14.2. The zero-order valence-corrected chi connectivity index (χ0v) is 13.5. The Morgan fingerprint density at radius 1 is 1.19 bits per heavy atom. The smallest absolute Gasteiger partial charge is 0.184 e. The molecule has 2 heterocycles. The molecule has 1 aromatic carbocycles. The van der Waals surface area contributed by atoms with Gasteiger partial charge in [0.05, 0.1) is 10.2 Å². The highest BCUT2D eigenvalue weighted by atomic mass is 32.1. The Morgan fingerprint density at radius 2 is 2.05 bits per heavy atom. The maximum absolute atomic E-state index is 4.83. The molecule has 3 nitrogen and oxygen atoms in total. The molecule has 0 spiro atoms. The maximum Gasteiger partial charge on any atom is 0.184 e. The number of fused-ring (bicyclic) bond motifs is 2. The van der Waals surface area contributed by atoms with Crippen LogP contribution in [0, 0.1) is 0 Å². The number of rotatable bonds is 2. The van der Waals surface area contributed by atoms with Gasteiger partial charge in [0.25, 0.3) is 0 Å². The lowest BCUT2D eigenvalue weighted by molar-refractivity contribution is 0.462. The molecule has 1 saturated carbocycles. The molecule has 0 unspecified atom stereocenters. The van der Waals surface area contributed by atoms with E-state index in [4.69, 9.17) is 4.98 Å². The summed E-state index contributed by atoms with van der Waals surface area (Å²) >= 11 is 1.82. The quantitative estimate of drug-likeness (QED) is 0.890.